The number of benzene rings is 1. The molecular formula is C15H24N2. The number of rotatable bonds is 4. The second-order valence-electron chi connectivity index (χ2n) is 5.14. The first kappa shape index (κ1) is 12.6. The number of hydrogen-bond donors (Lipinski definition) is 1. The van der Waals surface area contributed by atoms with Crippen LogP contribution < -0.4 is 5.73 Å². The molecule has 2 unspecified atom stereocenters. The fraction of sp³-hybridized carbons (Fsp3) is 0.600. The summed E-state index contributed by atoms with van der Waals surface area (Å²) in [6, 6.07) is 11.3. The Labute approximate surface area is 105 Å². The van der Waals surface area contributed by atoms with E-state index < -0.39 is 0 Å². The highest BCUT2D eigenvalue weighted by Crippen LogP contribution is 2.26. The minimum atomic E-state index is 0.578. The lowest BCUT2D eigenvalue weighted by Gasteiger charge is -2.38. The number of likely N-dealkylation sites (tertiary alicyclic amines) is 1. The molecule has 1 aliphatic rings. The van der Waals surface area contributed by atoms with Gasteiger partial charge >= 0.3 is 0 Å². The lowest BCUT2D eigenvalue weighted by atomic mass is 9.88. The zero-order valence-corrected chi connectivity index (χ0v) is 10.8. The summed E-state index contributed by atoms with van der Waals surface area (Å²) < 4.78 is 0. The molecule has 2 heteroatoms. The van der Waals surface area contributed by atoms with Crippen molar-refractivity contribution in [2.24, 2.45) is 11.7 Å². The van der Waals surface area contributed by atoms with Crippen LogP contribution in [0.4, 0.5) is 0 Å². The highest BCUT2D eigenvalue weighted by molar-refractivity contribution is 5.14. The van der Waals surface area contributed by atoms with Crippen molar-refractivity contribution in [3.63, 3.8) is 0 Å². The number of piperidine rings is 1. The molecule has 2 nitrogen and oxygen atoms in total. The molecule has 0 spiro atoms. The molecule has 1 aliphatic heterocycles. The summed E-state index contributed by atoms with van der Waals surface area (Å²) in [6.45, 7) is 5.35. The quantitative estimate of drug-likeness (QED) is 0.864. The van der Waals surface area contributed by atoms with Gasteiger partial charge in [-0.05, 0) is 30.9 Å². The van der Waals surface area contributed by atoms with E-state index in [0.29, 0.717) is 6.04 Å². The van der Waals surface area contributed by atoms with Gasteiger partial charge in [-0.2, -0.15) is 0 Å². The molecule has 1 aromatic rings. The van der Waals surface area contributed by atoms with Crippen LogP contribution in [0, 0.1) is 5.92 Å². The van der Waals surface area contributed by atoms with Gasteiger partial charge in [0.2, 0.25) is 0 Å². The van der Waals surface area contributed by atoms with Gasteiger partial charge in [0.25, 0.3) is 0 Å². The lowest BCUT2D eigenvalue weighted by Crippen LogP contribution is -2.45. The highest BCUT2D eigenvalue weighted by atomic mass is 15.2. The molecule has 1 fully saturated rings. The van der Waals surface area contributed by atoms with E-state index in [1.54, 1.807) is 0 Å². The smallest absolute Gasteiger partial charge is 0.0237 e. The summed E-state index contributed by atoms with van der Waals surface area (Å²) in [5.74, 6) is 0.885. The molecule has 1 aromatic carbocycles. The van der Waals surface area contributed by atoms with E-state index in [9.17, 15) is 0 Å². The van der Waals surface area contributed by atoms with E-state index in [-0.39, 0.29) is 0 Å². The van der Waals surface area contributed by atoms with Crippen LogP contribution in [0.1, 0.15) is 31.7 Å². The largest absolute Gasteiger partial charge is 0.329 e. The summed E-state index contributed by atoms with van der Waals surface area (Å²) in [5.41, 5.74) is 7.33. The molecule has 0 aliphatic carbocycles. The fourth-order valence-electron chi connectivity index (χ4n) is 2.82. The highest BCUT2D eigenvalue weighted by Gasteiger charge is 2.26. The third kappa shape index (κ3) is 3.30. The van der Waals surface area contributed by atoms with Crippen LogP contribution in [0.15, 0.2) is 30.3 Å². The minimum absolute atomic E-state index is 0.578. The Kier molecular flexibility index (Phi) is 4.57. The van der Waals surface area contributed by atoms with E-state index in [4.69, 9.17) is 5.73 Å². The Balaban J connectivity index is 1.96. The first-order valence-corrected chi connectivity index (χ1v) is 6.81. The molecule has 2 rings (SSSR count). The summed E-state index contributed by atoms with van der Waals surface area (Å²) in [5, 5.41) is 0. The maximum atomic E-state index is 5.92. The van der Waals surface area contributed by atoms with Crippen LogP contribution in [0.5, 0.6) is 0 Å². The van der Waals surface area contributed by atoms with E-state index in [2.05, 4.69) is 42.2 Å². The topological polar surface area (TPSA) is 29.3 Å². The summed E-state index contributed by atoms with van der Waals surface area (Å²) in [7, 11) is 0. The Morgan fingerprint density at radius 1 is 1.29 bits per heavy atom. The molecule has 94 valence electrons. The molecule has 0 aromatic heterocycles. The Bertz CT molecular complexity index is 323. The summed E-state index contributed by atoms with van der Waals surface area (Å²) in [6.07, 6.45) is 3.91. The van der Waals surface area contributed by atoms with Gasteiger partial charge in [-0.15, -0.1) is 0 Å². The molecule has 0 bridgehead atoms. The van der Waals surface area contributed by atoms with Crippen LogP contribution in [0.25, 0.3) is 0 Å². The van der Waals surface area contributed by atoms with Gasteiger partial charge in [0.05, 0.1) is 0 Å². The van der Waals surface area contributed by atoms with Crippen molar-refractivity contribution in [1.29, 1.82) is 0 Å². The average Bonchev–Trinajstić information content (AvgIpc) is 2.40. The van der Waals surface area contributed by atoms with Crippen LogP contribution >= 0.6 is 0 Å². The van der Waals surface area contributed by atoms with Crippen molar-refractivity contribution >= 4 is 0 Å². The lowest BCUT2D eigenvalue weighted by molar-refractivity contribution is 0.107. The molecule has 1 saturated heterocycles. The fourth-order valence-corrected chi connectivity index (χ4v) is 2.82. The van der Waals surface area contributed by atoms with Crippen molar-refractivity contribution in [3.8, 4) is 0 Å². The molecule has 0 amide bonds. The summed E-state index contributed by atoms with van der Waals surface area (Å²) >= 11 is 0. The zero-order valence-electron chi connectivity index (χ0n) is 10.8. The second-order valence-corrected chi connectivity index (χ2v) is 5.14. The predicted octanol–water partition coefficient (Wildman–Crippen LogP) is 2.64. The van der Waals surface area contributed by atoms with Crippen LogP contribution in [-0.2, 0) is 6.54 Å². The van der Waals surface area contributed by atoms with Gasteiger partial charge in [-0.3, -0.25) is 4.90 Å². The number of nitrogens with zero attached hydrogens (tertiary/aromatic N) is 1. The molecule has 17 heavy (non-hydrogen) atoms. The summed E-state index contributed by atoms with van der Waals surface area (Å²) in [4.78, 5) is 2.56. The molecule has 2 N–H and O–H groups in total. The van der Waals surface area contributed by atoms with Crippen LogP contribution in [0.3, 0.4) is 0 Å². The molecule has 2 atom stereocenters. The molecular weight excluding hydrogens is 208 g/mol. The molecule has 0 radical (unpaired) electrons. The third-order valence-corrected chi connectivity index (χ3v) is 4.02. The van der Waals surface area contributed by atoms with Crippen molar-refractivity contribution < 1.29 is 0 Å². The van der Waals surface area contributed by atoms with E-state index in [0.717, 1.165) is 19.0 Å². The van der Waals surface area contributed by atoms with Crippen molar-refractivity contribution in [2.75, 3.05) is 13.1 Å². The van der Waals surface area contributed by atoms with Gasteiger partial charge in [0.15, 0.2) is 0 Å². The van der Waals surface area contributed by atoms with E-state index in [1.165, 1.54) is 31.4 Å². The van der Waals surface area contributed by atoms with Crippen molar-refractivity contribution in [3.05, 3.63) is 35.9 Å². The first-order chi connectivity index (χ1) is 8.33. The van der Waals surface area contributed by atoms with E-state index in [1.807, 2.05) is 0 Å². The van der Waals surface area contributed by atoms with Gasteiger partial charge in [-0.25, -0.2) is 0 Å². The monoisotopic (exact) mass is 232 g/mol. The average molecular weight is 232 g/mol. The Morgan fingerprint density at radius 2 is 2.06 bits per heavy atom. The van der Waals surface area contributed by atoms with Crippen molar-refractivity contribution in [2.45, 2.75) is 38.8 Å². The predicted molar refractivity (Wildman–Crippen MR) is 72.7 cm³/mol. The van der Waals surface area contributed by atoms with Crippen LogP contribution in [0.2, 0.25) is 0 Å². The Hall–Kier alpha value is -0.860. The van der Waals surface area contributed by atoms with Gasteiger partial charge in [-0.1, -0.05) is 43.7 Å². The van der Waals surface area contributed by atoms with Gasteiger partial charge < -0.3 is 5.73 Å². The van der Waals surface area contributed by atoms with Crippen molar-refractivity contribution in [1.82, 2.24) is 4.90 Å². The SMILES string of the molecule is CCC1CCN(Cc2ccccc2)C(CN)C1. The Morgan fingerprint density at radius 3 is 2.71 bits per heavy atom. The number of hydrogen-bond acceptors (Lipinski definition) is 2. The maximum Gasteiger partial charge on any atom is 0.0237 e. The molecule has 0 saturated carbocycles. The standard InChI is InChI=1S/C15H24N2/c1-2-13-8-9-17(15(10-13)11-16)12-14-6-4-3-5-7-14/h3-7,13,15H,2,8-12,16H2,1H3. The second kappa shape index (κ2) is 6.18. The minimum Gasteiger partial charge on any atom is -0.329 e. The first-order valence-electron chi connectivity index (χ1n) is 6.81. The normalized spacial score (nSPS) is 26.0. The zero-order chi connectivity index (χ0) is 12.1. The van der Waals surface area contributed by atoms with Gasteiger partial charge in [0, 0.05) is 19.1 Å². The number of nitrogens with two attached hydrogens (primary N) is 1. The third-order valence-electron chi connectivity index (χ3n) is 4.02. The molecule has 1 heterocycles. The van der Waals surface area contributed by atoms with Gasteiger partial charge in [0.1, 0.15) is 0 Å². The van der Waals surface area contributed by atoms with Crippen LogP contribution in [-0.4, -0.2) is 24.0 Å². The van der Waals surface area contributed by atoms with E-state index >= 15 is 0 Å². The maximum absolute atomic E-state index is 5.92.